The number of hydrogen-bond acceptors (Lipinski definition) is 3. The van der Waals surface area contributed by atoms with E-state index in [9.17, 15) is 4.39 Å². The van der Waals surface area contributed by atoms with Crippen molar-refractivity contribution in [3.8, 4) is 5.75 Å². The summed E-state index contributed by atoms with van der Waals surface area (Å²) in [5.41, 5.74) is 1.04. The maximum absolute atomic E-state index is 13.8. The third-order valence-electron chi connectivity index (χ3n) is 3.57. The Labute approximate surface area is 114 Å². The van der Waals surface area contributed by atoms with Crippen LogP contribution >= 0.6 is 0 Å². The van der Waals surface area contributed by atoms with E-state index < -0.39 is 0 Å². The van der Waals surface area contributed by atoms with Crippen LogP contribution in [0, 0.1) is 5.82 Å². The minimum Gasteiger partial charge on any atom is -0.491 e. The van der Waals surface area contributed by atoms with Crippen LogP contribution in [0.5, 0.6) is 5.75 Å². The highest BCUT2D eigenvalue weighted by Gasteiger charge is 2.15. The largest absolute Gasteiger partial charge is 0.491 e. The summed E-state index contributed by atoms with van der Waals surface area (Å²) in [6, 6.07) is 5.32. The van der Waals surface area contributed by atoms with E-state index in [1.807, 2.05) is 13.0 Å². The molecular weight excluding hydrogens is 243 g/mol. The molecule has 1 saturated heterocycles. The first kappa shape index (κ1) is 14.3. The summed E-state index contributed by atoms with van der Waals surface area (Å²) < 4.78 is 19.1. The molecular formula is C15H23FN2O. The molecule has 0 amide bonds. The third-order valence-corrected chi connectivity index (χ3v) is 3.57. The number of nitrogens with one attached hydrogen (secondary N) is 1. The monoisotopic (exact) mass is 266 g/mol. The van der Waals surface area contributed by atoms with Crippen molar-refractivity contribution in [1.82, 2.24) is 10.2 Å². The summed E-state index contributed by atoms with van der Waals surface area (Å²) in [5, 5.41) is 3.34. The van der Waals surface area contributed by atoms with Gasteiger partial charge in [-0.3, -0.25) is 0 Å². The van der Waals surface area contributed by atoms with Gasteiger partial charge in [0, 0.05) is 32.7 Å². The molecule has 0 aromatic heterocycles. The summed E-state index contributed by atoms with van der Waals surface area (Å²) >= 11 is 0. The lowest BCUT2D eigenvalue weighted by Gasteiger charge is -2.29. The van der Waals surface area contributed by atoms with Crippen molar-refractivity contribution in [3.05, 3.63) is 29.6 Å². The van der Waals surface area contributed by atoms with Gasteiger partial charge in [-0.2, -0.15) is 0 Å². The van der Waals surface area contributed by atoms with Gasteiger partial charge in [-0.1, -0.05) is 13.0 Å². The molecule has 1 fully saturated rings. The van der Waals surface area contributed by atoms with Crippen molar-refractivity contribution >= 4 is 0 Å². The van der Waals surface area contributed by atoms with E-state index in [1.165, 1.54) is 0 Å². The molecule has 19 heavy (non-hydrogen) atoms. The molecule has 1 N–H and O–H groups in total. The summed E-state index contributed by atoms with van der Waals surface area (Å²) in [5.74, 6) is 0.426. The van der Waals surface area contributed by atoms with Crippen LogP contribution in [0.2, 0.25) is 0 Å². The molecule has 1 heterocycles. The van der Waals surface area contributed by atoms with Gasteiger partial charge in [-0.25, -0.2) is 4.39 Å². The zero-order valence-electron chi connectivity index (χ0n) is 11.8. The third kappa shape index (κ3) is 3.91. The SMILES string of the molecule is CCOc1ccc(C(C)CN2CCNCC2)cc1F. The predicted molar refractivity (Wildman–Crippen MR) is 75.3 cm³/mol. The number of nitrogens with zero attached hydrogens (tertiary/aromatic N) is 1. The van der Waals surface area contributed by atoms with Gasteiger partial charge >= 0.3 is 0 Å². The molecule has 1 aliphatic rings. The van der Waals surface area contributed by atoms with E-state index >= 15 is 0 Å². The molecule has 0 saturated carbocycles. The predicted octanol–water partition coefficient (Wildman–Crippen LogP) is 2.23. The number of ether oxygens (including phenoxy) is 1. The van der Waals surface area contributed by atoms with Gasteiger partial charge in [0.25, 0.3) is 0 Å². The molecule has 1 unspecified atom stereocenters. The Kier molecular flexibility index (Phi) is 5.16. The van der Waals surface area contributed by atoms with Crippen LogP contribution in [0.3, 0.4) is 0 Å². The Balaban J connectivity index is 1.98. The molecule has 2 rings (SSSR count). The molecule has 1 aliphatic heterocycles. The Morgan fingerprint density at radius 3 is 2.74 bits per heavy atom. The average molecular weight is 266 g/mol. The maximum atomic E-state index is 13.8. The van der Waals surface area contributed by atoms with Crippen LogP contribution < -0.4 is 10.1 Å². The van der Waals surface area contributed by atoms with Gasteiger partial charge < -0.3 is 15.0 Å². The summed E-state index contributed by atoms with van der Waals surface area (Å²) in [7, 11) is 0. The Morgan fingerprint density at radius 1 is 1.37 bits per heavy atom. The second-order valence-electron chi connectivity index (χ2n) is 5.07. The Bertz CT molecular complexity index is 405. The molecule has 4 heteroatoms. The minimum atomic E-state index is -0.258. The number of rotatable bonds is 5. The smallest absolute Gasteiger partial charge is 0.165 e. The summed E-state index contributed by atoms with van der Waals surface area (Å²) in [6.07, 6.45) is 0. The first-order valence-corrected chi connectivity index (χ1v) is 7.06. The molecule has 106 valence electrons. The van der Waals surface area contributed by atoms with Crippen LogP contribution in [0.1, 0.15) is 25.3 Å². The molecule has 0 aliphatic carbocycles. The topological polar surface area (TPSA) is 24.5 Å². The van der Waals surface area contributed by atoms with Crippen LogP contribution in [-0.4, -0.2) is 44.2 Å². The van der Waals surface area contributed by atoms with Gasteiger partial charge in [0.15, 0.2) is 11.6 Å². The lowest BCUT2D eigenvalue weighted by atomic mass is 10.00. The van der Waals surface area contributed by atoms with Crippen molar-refractivity contribution < 1.29 is 9.13 Å². The second-order valence-corrected chi connectivity index (χ2v) is 5.07. The van der Waals surface area contributed by atoms with Gasteiger partial charge in [0.2, 0.25) is 0 Å². The number of piperazine rings is 1. The van der Waals surface area contributed by atoms with Crippen molar-refractivity contribution in [2.75, 3.05) is 39.3 Å². The first-order chi connectivity index (χ1) is 9.20. The normalized spacial score (nSPS) is 18.3. The van der Waals surface area contributed by atoms with Crippen molar-refractivity contribution in [3.63, 3.8) is 0 Å². The average Bonchev–Trinajstić information content (AvgIpc) is 2.42. The lowest BCUT2D eigenvalue weighted by Crippen LogP contribution is -2.44. The molecule has 0 radical (unpaired) electrons. The molecule has 1 atom stereocenters. The van der Waals surface area contributed by atoms with E-state index in [2.05, 4.69) is 17.1 Å². The fourth-order valence-corrected chi connectivity index (χ4v) is 2.48. The van der Waals surface area contributed by atoms with Crippen molar-refractivity contribution in [2.24, 2.45) is 0 Å². The number of hydrogen-bond donors (Lipinski definition) is 1. The Hall–Kier alpha value is -1.13. The quantitative estimate of drug-likeness (QED) is 0.884. The van der Waals surface area contributed by atoms with Crippen LogP contribution in [0.4, 0.5) is 4.39 Å². The Morgan fingerprint density at radius 2 is 2.11 bits per heavy atom. The highest BCUT2D eigenvalue weighted by atomic mass is 19.1. The van der Waals surface area contributed by atoms with E-state index in [-0.39, 0.29) is 5.82 Å². The molecule has 1 aromatic rings. The summed E-state index contributed by atoms with van der Waals surface area (Å²) in [6.45, 7) is 9.72. The van der Waals surface area contributed by atoms with Crippen LogP contribution in [0.15, 0.2) is 18.2 Å². The van der Waals surface area contributed by atoms with Crippen LogP contribution in [0.25, 0.3) is 0 Å². The zero-order chi connectivity index (χ0) is 13.7. The van der Waals surface area contributed by atoms with Gasteiger partial charge in [-0.15, -0.1) is 0 Å². The highest BCUT2D eigenvalue weighted by molar-refractivity contribution is 5.31. The van der Waals surface area contributed by atoms with E-state index in [0.29, 0.717) is 18.3 Å². The van der Waals surface area contributed by atoms with E-state index in [4.69, 9.17) is 4.74 Å². The highest BCUT2D eigenvalue weighted by Crippen LogP contribution is 2.24. The van der Waals surface area contributed by atoms with E-state index in [0.717, 1.165) is 38.3 Å². The molecule has 0 spiro atoms. The second kappa shape index (κ2) is 6.87. The minimum absolute atomic E-state index is 0.258. The van der Waals surface area contributed by atoms with Crippen molar-refractivity contribution in [2.45, 2.75) is 19.8 Å². The fourth-order valence-electron chi connectivity index (χ4n) is 2.48. The van der Waals surface area contributed by atoms with Gasteiger partial charge in [0.05, 0.1) is 6.61 Å². The zero-order valence-corrected chi connectivity index (χ0v) is 11.8. The standard InChI is InChI=1S/C15H23FN2O/c1-3-19-15-5-4-13(10-14(15)16)12(2)11-18-8-6-17-7-9-18/h4-5,10,12,17H,3,6-9,11H2,1-2H3. The van der Waals surface area contributed by atoms with Gasteiger partial charge in [-0.05, 0) is 30.5 Å². The van der Waals surface area contributed by atoms with Crippen molar-refractivity contribution in [1.29, 1.82) is 0 Å². The molecule has 1 aromatic carbocycles. The van der Waals surface area contributed by atoms with Crippen LogP contribution in [-0.2, 0) is 0 Å². The summed E-state index contributed by atoms with van der Waals surface area (Å²) in [4.78, 5) is 2.43. The fraction of sp³-hybridized carbons (Fsp3) is 0.600. The molecule has 0 bridgehead atoms. The maximum Gasteiger partial charge on any atom is 0.165 e. The lowest BCUT2D eigenvalue weighted by molar-refractivity contribution is 0.230. The number of benzene rings is 1. The molecule has 3 nitrogen and oxygen atoms in total. The van der Waals surface area contributed by atoms with E-state index in [1.54, 1.807) is 12.1 Å². The van der Waals surface area contributed by atoms with Gasteiger partial charge in [0.1, 0.15) is 0 Å². The first-order valence-electron chi connectivity index (χ1n) is 7.06. The number of halogens is 1.